The largest absolute Gasteiger partial charge is 0.494 e. The molecule has 1 aliphatic carbocycles. The first-order valence-corrected chi connectivity index (χ1v) is 10.3. The summed E-state index contributed by atoms with van der Waals surface area (Å²) in [5.41, 5.74) is 1.64. The maximum Gasteiger partial charge on any atom is 0.265 e. The van der Waals surface area contributed by atoms with E-state index < -0.39 is 6.43 Å². The van der Waals surface area contributed by atoms with E-state index in [9.17, 15) is 8.78 Å². The first-order valence-electron chi connectivity index (χ1n) is 10.3. The van der Waals surface area contributed by atoms with E-state index in [1.54, 1.807) is 6.20 Å². The number of hydrogen-bond acceptors (Lipinski definition) is 2. The average Bonchev–Trinajstić information content (AvgIpc) is 2.59. The molecule has 0 bridgehead atoms. The first kappa shape index (κ1) is 21.7. The molecule has 2 rings (SSSR count). The van der Waals surface area contributed by atoms with Crippen LogP contribution in [0.1, 0.15) is 83.8 Å². The Balaban J connectivity index is 2.46. The van der Waals surface area contributed by atoms with Gasteiger partial charge in [0.2, 0.25) is 0 Å². The molecule has 0 spiro atoms. The normalized spacial score (nSPS) is 20.5. The lowest BCUT2D eigenvalue weighted by atomic mass is 9.80. The van der Waals surface area contributed by atoms with E-state index in [-0.39, 0.29) is 17.5 Å². The summed E-state index contributed by atoms with van der Waals surface area (Å²) in [6.07, 6.45) is 3.00. The van der Waals surface area contributed by atoms with Crippen LogP contribution in [-0.2, 0) is 0 Å². The van der Waals surface area contributed by atoms with Gasteiger partial charge in [-0.15, -0.1) is 0 Å². The van der Waals surface area contributed by atoms with Gasteiger partial charge in [0.25, 0.3) is 6.43 Å². The zero-order valence-electron chi connectivity index (χ0n) is 17.5. The van der Waals surface area contributed by atoms with Crippen LogP contribution in [0.25, 0.3) is 0 Å². The number of nitrogens with zero attached hydrogens (tertiary/aromatic N) is 1. The van der Waals surface area contributed by atoms with Crippen molar-refractivity contribution in [1.29, 1.82) is 0 Å². The highest BCUT2D eigenvalue weighted by atomic mass is 19.3. The van der Waals surface area contributed by atoms with Crippen molar-refractivity contribution in [3.63, 3.8) is 0 Å². The second kappa shape index (κ2) is 9.57. The average molecular weight is 380 g/mol. The summed E-state index contributed by atoms with van der Waals surface area (Å²) in [5, 5.41) is 0. The van der Waals surface area contributed by atoms with Gasteiger partial charge < -0.3 is 9.64 Å². The van der Waals surface area contributed by atoms with Crippen LogP contribution in [0, 0.1) is 11.8 Å². The molecule has 4 heteroatoms. The van der Waals surface area contributed by atoms with Crippen LogP contribution >= 0.6 is 0 Å². The molecule has 1 aromatic rings. The minimum absolute atomic E-state index is 0.0619. The highest BCUT2D eigenvalue weighted by Gasteiger charge is 2.34. The minimum atomic E-state index is -2.54. The molecule has 0 aromatic heterocycles. The van der Waals surface area contributed by atoms with Gasteiger partial charge in [0, 0.05) is 11.6 Å². The lowest BCUT2D eigenvalue weighted by molar-refractivity contribution is 0.150. The van der Waals surface area contributed by atoms with Crippen molar-refractivity contribution in [2.24, 2.45) is 11.8 Å². The molecular formula is C23H35F2NO. The maximum atomic E-state index is 14.0. The van der Waals surface area contributed by atoms with Crippen LogP contribution in [0.4, 0.5) is 14.5 Å². The number of benzene rings is 1. The van der Waals surface area contributed by atoms with E-state index in [1.165, 1.54) is 6.07 Å². The second-order valence-corrected chi connectivity index (χ2v) is 8.41. The van der Waals surface area contributed by atoms with Crippen molar-refractivity contribution >= 4 is 5.69 Å². The van der Waals surface area contributed by atoms with Gasteiger partial charge in [-0.1, -0.05) is 41.2 Å². The molecular weight excluding hydrogens is 344 g/mol. The molecule has 1 aliphatic rings. The number of halogens is 2. The van der Waals surface area contributed by atoms with Crippen LogP contribution in [0.3, 0.4) is 0 Å². The molecule has 0 aliphatic heterocycles. The summed E-state index contributed by atoms with van der Waals surface area (Å²) >= 11 is 0. The summed E-state index contributed by atoms with van der Waals surface area (Å²) < 4.78 is 33.9. The standard InChI is InChI=1S/C23H35F2NO/c1-7-17(6)20-13-19(27-10-9-15(3)4)14-21(23(24)25)22(20)26(8-2)18-11-16(5)12-18/h8,13-18,23H,2,7,9-12H2,1,3-6H3. The van der Waals surface area contributed by atoms with Crippen LogP contribution in [0.2, 0.25) is 0 Å². The van der Waals surface area contributed by atoms with Gasteiger partial charge in [0.1, 0.15) is 5.75 Å². The molecule has 1 atom stereocenters. The highest BCUT2D eigenvalue weighted by molar-refractivity contribution is 5.66. The minimum Gasteiger partial charge on any atom is -0.494 e. The lowest BCUT2D eigenvalue weighted by Gasteiger charge is -2.43. The SMILES string of the molecule is C=CN(c1c(C(F)F)cc(OCCC(C)C)cc1C(C)CC)C1CC(C)C1. The van der Waals surface area contributed by atoms with Crippen molar-refractivity contribution in [3.05, 3.63) is 36.0 Å². The second-order valence-electron chi connectivity index (χ2n) is 8.41. The van der Waals surface area contributed by atoms with Gasteiger partial charge in [0.15, 0.2) is 0 Å². The topological polar surface area (TPSA) is 12.5 Å². The number of anilines is 1. The summed E-state index contributed by atoms with van der Waals surface area (Å²) in [6.45, 7) is 15.1. The zero-order valence-corrected chi connectivity index (χ0v) is 17.5. The molecule has 0 amide bonds. The van der Waals surface area contributed by atoms with Crippen LogP contribution in [-0.4, -0.2) is 12.6 Å². The fourth-order valence-electron chi connectivity index (χ4n) is 3.72. The van der Waals surface area contributed by atoms with Crippen molar-refractivity contribution in [1.82, 2.24) is 0 Å². The summed E-state index contributed by atoms with van der Waals surface area (Å²) in [5.74, 6) is 1.88. The Morgan fingerprint density at radius 1 is 1.22 bits per heavy atom. The maximum absolute atomic E-state index is 14.0. The van der Waals surface area contributed by atoms with E-state index in [1.807, 2.05) is 11.0 Å². The first-order chi connectivity index (χ1) is 12.8. The van der Waals surface area contributed by atoms with E-state index in [0.717, 1.165) is 31.2 Å². The van der Waals surface area contributed by atoms with Gasteiger partial charge in [-0.05, 0) is 67.3 Å². The predicted molar refractivity (Wildman–Crippen MR) is 110 cm³/mol. The van der Waals surface area contributed by atoms with E-state index in [4.69, 9.17) is 4.74 Å². The fraction of sp³-hybridized carbons (Fsp3) is 0.652. The Hall–Kier alpha value is -1.58. The van der Waals surface area contributed by atoms with Crippen molar-refractivity contribution in [2.45, 2.75) is 78.7 Å². The van der Waals surface area contributed by atoms with E-state index in [0.29, 0.717) is 29.9 Å². The Bertz CT molecular complexity index is 623. The predicted octanol–water partition coefficient (Wildman–Crippen LogP) is 7.31. The summed E-state index contributed by atoms with van der Waals surface area (Å²) in [6, 6.07) is 3.75. The molecule has 2 nitrogen and oxygen atoms in total. The highest BCUT2D eigenvalue weighted by Crippen LogP contribution is 2.44. The van der Waals surface area contributed by atoms with E-state index in [2.05, 4.69) is 41.2 Å². The third-order valence-corrected chi connectivity index (χ3v) is 5.68. The van der Waals surface area contributed by atoms with Gasteiger partial charge in [-0.2, -0.15) is 0 Å². The van der Waals surface area contributed by atoms with Crippen molar-refractivity contribution in [2.75, 3.05) is 11.5 Å². The number of ether oxygens (including phenoxy) is 1. The molecule has 1 aromatic carbocycles. The third-order valence-electron chi connectivity index (χ3n) is 5.68. The van der Waals surface area contributed by atoms with Gasteiger partial charge in [-0.25, -0.2) is 8.78 Å². The number of alkyl halides is 2. The Morgan fingerprint density at radius 3 is 2.33 bits per heavy atom. The number of rotatable bonds is 10. The van der Waals surface area contributed by atoms with Gasteiger partial charge in [-0.3, -0.25) is 0 Å². The zero-order chi connectivity index (χ0) is 20.1. The Labute approximate surface area is 163 Å². The Morgan fingerprint density at radius 2 is 1.85 bits per heavy atom. The molecule has 1 saturated carbocycles. The quantitative estimate of drug-likeness (QED) is 0.422. The molecule has 1 fully saturated rings. The molecule has 152 valence electrons. The molecule has 0 heterocycles. The van der Waals surface area contributed by atoms with Crippen LogP contribution < -0.4 is 9.64 Å². The van der Waals surface area contributed by atoms with Gasteiger partial charge in [0.05, 0.1) is 12.3 Å². The van der Waals surface area contributed by atoms with Crippen molar-refractivity contribution < 1.29 is 13.5 Å². The smallest absolute Gasteiger partial charge is 0.265 e. The van der Waals surface area contributed by atoms with Crippen LogP contribution in [0.15, 0.2) is 24.9 Å². The molecule has 0 N–H and O–H groups in total. The summed E-state index contributed by atoms with van der Waals surface area (Å²) in [4.78, 5) is 1.99. The van der Waals surface area contributed by atoms with Crippen molar-refractivity contribution in [3.8, 4) is 5.75 Å². The fourth-order valence-corrected chi connectivity index (χ4v) is 3.72. The van der Waals surface area contributed by atoms with Gasteiger partial charge >= 0.3 is 0 Å². The monoisotopic (exact) mass is 379 g/mol. The molecule has 27 heavy (non-hydrogen) atoms. The van der Waals surface area contributed by atoms with E-state index >= 15 is 0 Å². The van der Waals surface area contributed by atoms with Crippen LogP contribution in [0.5, 0.6) is 5.75 Å². The summed E-state index contributed by atoms with van der Waals surface area (Å²) in [7, 11) is 0. The molecule has 1 unspecified atom stereocenters. The lowest BCUT2D eigenvalue weighted by Crippen LogP contribution is -2.41. The Kier molecular flexibility index (Phi) is 7.69. The molecule has 0 radical (unpaired) electrons. The third kappa shape index (κ3) is 5.24. The number of hydrogen-bond donors (Lipinski definition) is 0. The molecule has 0 saturated heterocycles.